The number of nitrogens with zero attached hydrogens (tertiary/aromatic N) is 2. The molecule has 8 heteroatoms. The molecule has 0 saturated carbocycles. The Kier molecular flexibility index (Phi) is 4.86. The molecule has 1 amide bonds. The Morgan fingerprint density at radius 2 is 1.89 bits per heavy atom. The third-order valence-corrected chi connectivity index (χ3v) is 5.22. The highest BCUT2D eigenvalue weighted by atomic mass is 32.1. The first-order valence-corrected chi connectivity index (χ1v) is 9.35. The molecule has 2 aromatic heterocycles. The van der Waals surface area contributed by atoms with Crippen LogP contribution < -0.4 is 5.32 Å². The number of hydrogen-bond donors (Lipinski definition) is 1. The number of para-hydroxylation sites is 2. The summed E-state index contributed by atoms with van der Waals surface area (Å²) in [5.41, 5.74) is 1.23. The first kappa shape index (κ1) is 17.9. The van der Waals surface area contributed by atoms with Crippen molar-refractivity contribution < 1.29 is 14.1 Å². The largest absolute Gasteiger partial charge is 0.457 e. The highest BCUT2D eigenvalue weighted by molar-refractivity contribution is 7.21. The normalized spacial score (nSPS) is 10.9. The zero-order valence-corrected chi connectivity index (χ0v) is 15.4. The second kappa shape index (κ2) is 7.61. The van der Waals surface area contributed by atoms with Crippen LogP contribution in [0.4, 0.5) is 5.69 Å². The first-order valence-electron chi connectivity index (χ1n) is 8.54. The summed E-state index contributed by atoms with van der Waals surface area (Å²) in [6.07, 6.45) is -0.0669. The Balaban J connectivity index is 1.41. The number of hydrogen-bond acceptors (Lipinski definition) is 6. The lowest BCUT2D eigenvalue weighted by Gasteiger charge is -2.04. The van der Waals surface area contributed by atoms with Gasteiger partial charge in [0.15, 0.2) is 10.8 Å². The van der Waals surface area contributed by atoms with E-state index in [0.717, 1.165) is 15.2 Å². The van der Waals surface area contributed by atoms with Crippen LogP contribution in [0.5, 0.6) is 0 Å². The van der Waals surface area contributed by atoms with Crippen molar-refractivity contribution in [3.63, 3.8) is 0 Å². The van der Waals surface area contributed by atoms with Gasteiger partial charge in [0.05, 0.1) is 28.1 Å². The van der Waals surface area contributed by atoms with Crippen molar-refractivity contribution in [1.82, 2.24) is 10.3 Å². The second-order valence-electron chi connectivity index (χ2n) is 6.09. The molecule has 2 aromatic carbocycles. The molecule has 0 aliphatic heterocycles. The molecule has 0 spiro atoms. The van der Waals surface area contributed by atoms with Crippen LogP contribution >= 0.6 is 11.3 Å². The van der Waals surface area contributed by atoms with Crippen molar-refractivity contribution in [3.8, 4) is 10.8 Å². The van der Waals surface area contributed by atoms with E-state index in [2.05, 4.69) is 10.3 Å². The number of nitro benzene ring substituents is 1. The van der Waals surface area contributed by atoms with Crippen LogP contribution in [0.2, 0.25) is 0 Å². The number of benzene rings is 2. The molecule has 140 valence electrons. The van der Waals surface area contributed by atoms with Gasteiger partial charge in [0, 0.05) is 11.6 Å². The van der Waals surface area contributed by atoms with Gasteiger partial charge < -0.3 is 9.73 Å². The van der Waals surface area contributed by atoms with Crippen molar-refractivity contribution >= 4 is 33.1 Å². The minimum absolute atomic E-state index is 0.0613. The Morgan fingerprint density at radius 3 is 2.71 bits per heavy atom. The molecule has 0 radical (unpaired) electrons. The summed E-state index contributed by atoms with van der Waals surface area (Å²) in [5, 5.41) is 14.5. The fraction of sp³-hybridized carbons (Fsp3) is 0.100. The van der Waals surface area contributed by atoms with E-state index in [4.69, 9.17) is 4.42 Å². The average molecular weight is 393 g/mol. The molecule has 0 bridgehead atoms. The highest BCUT2D eigenvalue weighted by Gasteiger charge is 2.16. The van der Waals surface area contributed by atoms with Crippen molar-refractivity contribution in [3.05, 3.63) is 82.1 Å². The fourth-order valence-corrected chi connectivity index (χ4v) is 3.75. The molecule has 4 aromatic rings. The van der Waals surface area contributed by atoms with E-state index in [1.807, 2.05) is 30.3 Å². The van der Waals surface area contributed by atoms with Crippen molar-refractivity contribution in [2.24, 2.45) is 0 Å². The number of rotatable bonds is 6. The molecule has 0 aliphatic carbocycles. The predicted molar refractivity (Wildman–Crippen MR) is 106 cm³/mol. The maximum atomic E-state index is 12.2. The Hall–Kier alpha value is -3.52. The number of aromatic nitrogens is 1. The summed E-state index contributed by atoms with van der Waals surface area (Å²) in [7, 11) is 0. The molecule has 0 fully saturated rings. The minimum Gasteiger partial charge on any atom is -0.457 e. The number of carbonyl (C=O) groups excluding carboxylic acids is 1. The van der Waals surface area contributed by atoms with Crippen LogP contribution in [0, 0.1) is 10.1 Å². The number of furan rings is 1. The minimum atomic E-state index is -0.487. The number of thiazole rings is 1. The number of carbonyl (C=O) groups is 1. The van der Waals surface area contributed by atoms with Crippen LogP contribution in [0.3, 0.4) is 0 Å². The van der Waals surface area contributed by atoms with Crippen LogP contribution in [0.25, 0.3) is 21.0 Å². The van der Waals surface area contributed by atoms with E-state index < -0.39 is 4.92 Å². The van der Waals surface area contributed by atoms with Crippen LogP contribution in [-0.4, -0.2) is 15.8 Å². The number of nitrogens with one attached hydrogen (secondary N) is 1. The molecule has 2 heterocycles. The zero-order valence-electron chi connectivity index (χ0n) is 14.6. The van der Waals surface area contributed by atoms with E-state index in [1.165, 1.54) is 17.4 Å². The maximum absolute atomic E-state index is 12.2. The van der Waals surface area contributed by atoms with Gasteiger partial charge in [0.2, 0.25) is 5.91 Å². The third kappa shape index (κ3) is 3.77. The average Bonchev–Trinajstić information content (AvgIpc) is 3.33. The molecule has 0 saturated heterocycles. The van der Waals surface area contributed by atoms with Gasteiger partial charge in [-0.25, -0.2) is 4.98 Å². The second-order valence-corrected chi connectivity index (χ2v) is 7.12. The molecule has 28 heavy (non-hydrogen) atoms. The lowest BCUT2D eigenvalue weighted by atomic mass is 10.1. The van der Waals surface area contributed by atoms with E-state index >= 15 is 0 Å². The summed E-state index contributed by atoms with van der Waals surface area (Å²) in [5.74, 6) is 0.918. The first-order chi connectivity index (χ1) is 13.6. The monoisotopic (exact) mass is 393 g/mol. The smallest absolute Gasteiger partial charge is 0.273 e. The van der Waals surface area contributed by atoms with Crippen LogP contribution in [0.15, 0.2) is 65.1 Å². The molecule has 7 nitrogen and oxygen atoms in total. The van der Waals surface area contributed by atoms with Gasteiger partial charge in [0.1, 0.15) is 5.76 Å². The lowest BCUT2D eigenvalue weighted by Crippen LogP contribution is -2.24. The number of amides is 1. The van der Waals surface area contributed by atoms with E-state index in [1.54, 1.807) is 24.3 Å². The molecular weight excluding hydrogens is 378 g/mol. The Bertz CT molecular complexity index is 1130. The molecule has 0 aliphatic rings. The van der Waals surface area contributed by atoms with Gasteiger partial charge in [-0.1, -0.05) is 30.3 Å². The van der Waals surface area contributed by atoms with E-state index in [-0.39, 0.29) is 24.6 Å². The summed E-state index contributed by atoms with van der Waals surface area (Å²) in [4.78, 5) is 27.3. The summed E-state index contributed by atoms with van der Waals surface area (Å²) in [6, 6.07) is 17.7. The quantitative estimate of drug-likeness (QED) is 0.388. The summed E-state index contributed by atoms with van der Waals surface area (Å²) < 4.78 is 6.86. The van der Waals surface area contributed by atoms with Gasteiger partial charge in [-0.15, -0.1) is 11.3 Å². The standard InChI is InChI=1S/C20H15N3O4S/c24-19(11-13-5-1-3-7-16(13)23(25)26)21-12-14-9-10-17(27-14)20-22-15-6-2-4-8-18(15)28-20/h1-10H,11-12H2,(H,21,24). The molecule has 1 N–H and O–H groups in total. The third-order valence-electron chi connectivity index (χ3n) is 4.17. The van der Waals surface area contributed by atoms with Gasteiger partial charge in [0.25, 0.3) is 5.69 Å². The van der Waals surface area contributed by atoms with Crippen molar-refractivity contribution in [2.45, 2.75) is 13.0 Å². The SMILES string of the molecule is O=C(Cc1ccccc1[N+](=O)[O-])NCc1ccc(-c2nc3ccccc3s2)o1. The van der Waals surface area contributed by atoms with Gasteiger partial charge in [-0.2, -0.15) is 0 Å². The number of nitro groups is 1. The Morgan fingerprint density at radius 1 is 1.11 bits per heavy atom. The summed E-state index contributed by atoms with van der Waals surface area (Å²) in [6.45, 7) is 0.199. The maximum Gasteiger partial charge on any atom is 0.273 e. The highest BCUT2D eigenvalue weighted by Crippen LogP contribution is 2.31. The number of fused-ring (bicyclic) bond motifs is 1. The summed E-state index contributed by atoms with van der Waals surface area (Å²) >= 11 is 1.54. The van der Waals surface area contributed by atoms with E-state index in [0.29, 0.717) is 17.1 Å². The van der Waals surface area contributed by atoms with Gasteiger partial charge in [-0.05, 0) is 24.3 Å². The zero-order chi connectivity index (χ0) is 19.5. The van der Waals surface area contributed by atoms with E-state index in [9.17, 15) is 14.9 Å². The van der Waals surface area contributed by atoms with Crippen LogP contribution in [0.1, 0.15) is 11.3 Å². The predicted octanol–water partition coefficient (Wildman–Crippen LogP) is 4.32. The molecular formula is C20H15N3O4S. The Labute approximate surface area is 163 Å². The molecule has 0 atom stereocenters. The van der Waals surface area contributed by atoms with Crippen molar-refractivity contribution in [1.29, 1.82) is 0 Å². The molecule has 4 rings (SSSR count). The van der Waals surface area contributed by atoms with Crippen molar-refractivity contribution in [2.75, 3.05) is 0 Å². The topological polar surface area (TPSA) is 98.3 Å². The van der Waals surface area contributed by atoms with Gasteiger partial charge in [-0.3, -0.25) is 14.9 Å². The van der Waals surface area contributed by atoms with Gasteiger partial charge >= 0.3 is 0 Å². The molecule has 0 unspecified atom stereocenters. The van der Waals surface area contributed by atoms with Crippen LogP contribution in [-0.2, 0) is 17.8 Å². The lowest BCUT2D eigenvalue weighted by molar-refractivity contribution is -0.385. The fourth-order valence-electron chi connectivity index (χ4n) is 2.83.